The molecule has 4 nitrogen and oxygen atoms in total. The second kappa shape index (κ2) is 5.67. The Labute approximate surface area is 121 Å². The Morgan fingerprint density at radius 2 is 2.16 bits per heavy atom. The van der Waals surface area contributed by atoms with Crippen LogP contribution in [-0.4, -0.2) is 40.8 Å². The van der Waals surface area contributed by atoms with Gasteiger partial charge in [-0.25, -0.2) is 0 Å². The number of hydrogen-bond donors (Lipinski definition) is 2. The summed E-state index contributed by atoms with van der Waals surface area (Å²) in [4.78, 5) is 12.5. The lowest BCUT2D eigenvalue weighted by atomic mass is 10.1. The van der Waals surface area contributed by atoms with Gasteiger partial charge in [0.1, 0.15) is 0 Å². The van der Waals surface area contributed by atoms with Crippen molar-refractivity contribution in [3.63, 3.8) is 0 Å². The van der Waals surface area contributed by atoms with Gasteiger partial charge in [0.2, 0.25) is 0 Å². The second-order valence-corrected chi connectivity index (χ2v) is 5.64. The number of hydrogen-bond acceptors (Lipinski definition) is 3. The monoisotopic (exact) mass is 303 g/mol. The summed E-state index contributed by atoms with van der Waals surface area (Å²) in [5, 5.41) is 20.0. The van der Waals surface area contributed by atoms with Gasteiger partial charge in [-0.05, 0) is 30.3 Å². The molecule has 1 aromatic rings. The summed E-state index contributed by atoms with van der Waals surface area (Å²) >= 11 is 12.1. The number of carboxylic acid groups (broad SMARTS) is 1. The molecular weight excluding hydrogens is 289 g/mol. The highest BCUT2D eigenvalue weighted by Gasteiger charge is 2.35. The molecule has 0 fully saturated rings. The highest BCUT2D eigenvalue weighted by atomic mass is 35.5. The Morgan fingerprint density at radius 3 is 2.79 bits per heavy atom. The first kappa shape index (κ1) is 14.6. The van der Waals surface area contributed by atoms with Crippen molar-refractivity contribution >= 4 is 29.2 Å². The fraction of sp³-hybridized carbons (Fsp3) is 0.462. The maximum absolute atomic E-state index is 10.6. The van der Waals surface area contributed by atoms with Crippen molar-refractivity contribution in [3.05, 3.63) is 33.3 Å². The number of carbonyl (C=O) groups is 1. The van der Waals surface area contributed by atoms with Crippen LogP contribution in [0.2, 0.25) is 10.0 Å². The molecule has 0 unspecified atom stereocenters. The van der Waals surface area contributed by atoms with Crippen LogP contribution < -0.4 is 0 Å². The van der Waals surface area contributed by atoms with Gasteiger partial charge in [-0.3, -0.25) is 9.69 Å². The van der Waals surface area contributed by atoms with E-state index in [9.17, 15) is 9.90 Å². The first-order valence-corrected chi connectivity index (χ1v) is 6.73. The Morgan fingerprint density at radius 1 is 1.47 bits per heavy atom. The van der Waals surface area contributed by atoms with E-state index >= 15 is 0 Å². The first-order chi connectivity index (χ1) is 8.90. The van der Waals surface area contributed by atoms with Crippen molar-refractivity contribution in [3.8, 4) is 0 Å². The lowest BCUT2D eigenvalue weighted by molar-refractivity contribution is -0.137. The van der Waals surface area contributed by atoms with Crippen LogP contribution in [0.4, 0.5) is 0 Å². The second-order valence-electron chi connectivity index (χ2n) is 4.80. The maximum Gasteiger partial charge on any atom is 0.304 e. The van der Waals surface area contributed by atoms with E-state index in [-0.39, 0.29) is 12.5 Å². The van der Waals surface area contributed by atoms with Crippen molar-refractivity contribution < 1.29 is 15.0 Å². The standard InChI is InChI=1S/C13H15Cl2NO3/c1-16(3-2-12(18)19)13-9-4-7(14)5-10(15)8(9)6-11(13)17/h4-5,11,13,17H,2-3,6H2,1H3,(H,18,19)/t11-,13-/m0/s1. The number of halogens is 2. The quantitative estimate of drug-likeness (QED) is 0.896. The van der Waals surface area contributed by atoms with Crippen LogP contribution in [0.3, 0.4) is 0 Å². The summed E-state index contributed by atoms with van der Waals surface area (Å²) in [5.41, 5.74) is 1.78. The number of rotatable bonds is 4. The normalized spacial score (nSPS) is 21.7. The van der Waals surface area contributed by atoms with Crippen LogP contribution in [0.15, 0.2) is 12.1 Å². The molecule has 0 saturated carbocycles. The summed E-state index contributed by atoms with van der Waals surface area (Å²) < 4.78 is 0. The maximum atomic E-state index is 10.6. The molecule has 2 N–H and O–H groups in total. The van der Waals surface area contributed by atoms with E-state index < -0.39 is 12.1 Å². The number of aliphatic hydroxyl groups excluding tert-OH is 1. The number of carboxylic acids is 1. The first-order valence-electron chi connectivity index (χ1n) is 5.98. The SMILES string of the molecule is CN(CCC(=O)O)[C@H]1c2cc(Cl)cc(Cl)c2C[C@@H]1O. The fourth-order valence-electron chi connectivity index (χ4n) is 2.57. The number of fused-ring (bicyclic) bond motifs is 1. The van der Waals surface area contributed by atoms with E-state index in [2.05, 4.69) is 0 Å². The molecule has 0 radical (unpaired) electrons. The molecule has 19 heavy (non-hydrogen) atoms. The van der Waals surface area contributed by atoms with Crippen LogP contribution in [0.25, 0.3) is 0 Å². The summed E-state index contributed by atoms with van der Waals surface area (Å²) in [6, 6.07) is 3.19. The van der Waals surface area contributed by atoms with Crippen LogP contribution in [0, 0.1) is 0 Å². The van der Waals surface area contributed by atoms with Gasteiger partial charge < -0.3 is 10.2 Å². The third-order valence-corrected chi connectivity index (χ3v) is 4.00. The van der Waals surface area contributed by atoms with E-state index in [1.807, 2.05) is 4.90 Å². The molecule has 0 saturated heterocycles. The Bertz CT molecular complexity index is 507. The molecule has 1 aromatic carbocycles. The van der Waals surface area contributed by atoms with Gasteiger partial charge in [0.05, 0.1) is 18.6 Å². The van der Waals surface area contributed by atoms with Gasteiger partial charge in [0.15, 0.2) is 0 Å². The van der Waals surface area contributed by atoms with Crippen LogP contribution in [0.1, 0.15) is 23.6 Å². The molecular formula is C13H15Cl2NO3. The molecule has 0 aliphatic heterocycles. The average Bonchev–Trinajstić information content (AvgIpc) is 2.63. The number of benzene rings is 1. The van der Waals surface area contributed by atoms with E-state index in [4.69, 9.17) is 28.3 Å². The Kier molecular flexibility index (Phi) is 4.36. The van der Waals surface area contributed by atoms with Gasteiger partial charge in [0, 0.05) is 23.0 Å². The van der Waals surface area contributed by atoms with Crippen molar-refractivity contribution in [2.24, 2.45) is 0 Å². The number of aliphatic carboxylic acids is 1. The van der Waals surface area contributed by atoms with Crippen molar-refractivity contribution in [1.82, 2.24) is 4.90 Å². The molecule has 0 amide bonds. The summed E-state index contributed by atoms with van der Waals surface area (Å²) in [6.07, 6.45) is -0.0960. The van der Waals surface area contributed by atoms with Crippen LogP contribution in [-0.2, 0) is 11.2 Å². The van der Waals surface area contributed by atoms with E-state index in [0.29, 0.717) is 23.0 Å². The van der Waals surface area contributed by atoms with Crippen molar-refractivity contribution in [1.29, 1.82) is 0 Å². The third kappa shape index (κ3) is 3.03. The zero-order valence-corrected chi connectivity index (χ0v) is 11.9. The minimum atomic E-state index is -0.858. The molecule has 1 aliphatic rings. The molecule has 0 heterocycles. The molecule has 0 spiro atoms. The molecule has 2 rings (SSSR count). The predicted octanol–water partition coefficient (Wildman–Crippen LogP) is 2.36. The highest BCUT2D eigenvalue weighted by Crippen LogP contribution is 2.40. The Balaban J connectivity index is 2.26. The van der Waals surface area contributed by atoms with Crippen molar-refractivity contribution in [2.45, 2.75) is 25.0 Å². The largest absolute Gasteiger partial charge is 0.481 e. The van der Waals surface area contributed by atoms with Gasteiger partial charge in [-0.2, -0.15) is 0 Å². The van der Waals surface area contributed by atoms with E-state index in [1.54, 1.807) is 19.2 Å². The Hall–Kier alpha value is -0.810. The highest BCUT2D eigenvalue weighted by molar-refractivity contribution is 6.35. The van der Waals surface area contributed by atoms with Gasteiger partial charge in [-0.1, -0.05) is 23.2 Å². The lowest BCUT2D eigenvalue weighted by Crippen LogP contribution is -2.32. The lowest BCUT2D eigenvalue weighted by Gasteiger charge is -2.27. The van der Waals surface area contributed by atoms with Crippen molar-refractivity contribution in [2.75, 3.05) is 13.6 Å². The van der Waals surface area contributed by atoms with Gasteiger partial charge >= 0.3 is 5.97 Å². The number of aliphatic hydroxyl groups is 1. The van der Waals surface area contributed by atoms with Crippen LogP contribution >= 0.6 is 23.2 Å². The molecule has 2 atom stereocenters. The van der Waals surface area contributed by atoms with E-state index in [1.165, 1.54) is 0 Å². The molecule has 104 valence electrons. The average molecular weight is 304 g/mol. The summed E-state index contributed by atoms with van der Waals surface area (Å²) in [7, 11) is 1.79. The molecule has 6 heteroatoms. The summed E-state index contributed by atoms with van der Waals surface area (Å²) in [6.45, 7) is 0.362. The number of nitrogens with zero attached hydrogens (tertiary/aromatic N) is 1. The molecule has 0 bridgehead atoms. The minimum Gasteiger partial charge on any atom is -0.481 e. The fourth-order valence-corrected chi connectivity index (χ4v) is 3.16. The number of likely N-dealkylation sites (N-methyl/N-ethyl adjacent to an activating group) is 1. The predicted molar refractivity (Wildman–Crippen MR) is 73.8 cm³/mol. The molecule has 0 aromatic heterocycles. The third-order valence-electron chi connectivity index (χ3n) is 3.44. The van der Waals surface area contributed by atoms with Crippen LogP contribution in [0.5, 0.6) is 0 Å². The minimum absolute atomic E-state index is 0.0311. The zero-order valence-electron chi connectivity index (χ0n) is 10.4. The topological polar surface area (TPSA) is 60.8 Å². The van der Waals surface area contributed by atoms with Gasteiger partial charge in [-0.15, -0.1) is 0 Å². The van der Waals surface area contributed by atoms with Gasteiger partial charge in [0.25, 0.3) is 0 Å². The summed E-state index contributed by atoms with van der Waals surface area (Å²) in [5.74, 6) is -0.858. The molecule has 1 aliphatic carbocycles. The smallest absolute Gasteiger partial charge is 0.304 e. The zero-order chi connectivity index (χ0) is 14.2. The van der Waals surface area contributed by atoms with E-state index in [0.717, 1.165) is 11.1 Å².